The Labute approximate surface area is 80.2 Å². The molecule has 2 aromatic heterocycles. The van der Waals surface area contributed by atoms with Crippen LogP contribution in [0.3, 0.4) is 0 Å². The van der Waals surface area contributed by atoms with Crippen LogP contribution in [0.25, 0.3) is 11.0 Å². The van der Waals surface area contributed by atoms with Crippen molar-refractivity contribution in [2.24, 2.45) is 0 Å². The largest absolute Gasteiger partial charge is 0.298 e. The molecule has 0 spiro atoms. The predicted octanol–water partition coefficient (Wildman–Crippen LogP) is 1.51. The SMILES string of the molecule is CC(=O)n1cc(C=O)c2cccnc21. The minimum absolute atomic E-state index is 0.151. The monoisotopic (exact) mass is 188 g/mol. The van der Waals surface area contributed by atoms with E-state index in [2.05, 4.69) is 4.98 Å². The molecular weight excluding hydrogens is 180 g/mol. The van der Waals surface area contributed by atoms with Gasteiger partial charge in [0.25, 0.3) is 0 Å². The van der Waals surface area contributed by atoms with Crippen molar-refractivity contribution in [1.82, 2.24) is 9.55 Å². The van der Waals surface area contributed by atoms with Gasteiger partial charge in [0.1, 0.15) is 5.65 Å². The molecule has 0 amide bonds. The molecule has 0 bridgehead atoms. The molecule has 2 rings (SSSR count). The van der Waals surface area contributed by atoms with Gasteiger partial charge >= 0.3 is 0 Å². The molecule has 0 aliphatic rings. The van der Waals surface area contributed by atoms with E-state index in [0.717, 1.165) is 6.29 Å². The van der Waals surface area contributed by atoms with Gasteiger partial charge in [-0.25, -0.2) is 4.98 Å². The first-order valence-corrected chi connectivity index (χ1v) is 4.16. The van der Waals surface area contributed by atoms with Crippen molar-refractivity contribution in [2.45, 2.75) is 6.92 Å². The maximum Gasteiger partial charge on any atom is 0.229 e. The Bertz CT molecular complexity index is 514. The first-order chi connectivity index (χ1) is 6.74. The van der Waals surface area contributed by atoms with Crippen LogP contribution in [0.1, 0.15) is 22.1 Å². The zero-order chi connectivity index (χ0) is 10.1. The van der Waals surface area contributed by atoms with Crippen molar-refractivity contribution in [2.75, 3.05) is 0 Å². The van der Waals surface area contributed by atoms with E-state index in [1.807, 2.05) is 0 Å². The summed E-state index contributed by atoms with van der Waals surface area (Å²) in [6, 6.07) is 3.51. The van der Waals surface area contributed by atoms with Gasteiger partial charge in [-0.1, -0.05) is 0 Å². The zero-order valence-electron chi connectivity index (χ0n) is 7.60. The van der Waals surface area contributed by atoms with E-state index in [-0.39, 0.29) is 5.91 Å². The van der Waals surface area contributed by atoms with Gasteiger partial charge in [0.2, 0.25) is 5.91 Å². The van der Waals surface area contributed by atoms with E-state index in [4.69, 9.17) is 0 Å². The first-order valence-electron chi connectivity index (χ1n) is 4.16. The van der Waals surface area contributed by atoms with E-state index in [1.165, 1.54) is 17.7 Å². The summed E-state index contributed by atoms with van der Waals surface area (Å²) < 4.78 is 1.37. The number of pyridine rings is 1. The van der Waals surface area contributed by atoms with Crippen molar-refractivity contribution >= 4 is 23.2 Å². The summed E-state index contributed by atoms with van der Waals surface area (Å²) in [5.74, 6) is -0.151. The quantitative estimate of drug-likeness (QED) is 0.637. The van der Waals surface area contributed by atoms with Crippen LogP contribution in [-0.2, 0) is 0 Å². The summed E-state index contributed by atoms with van der Waals surface area (Å²) in [6.45, 7) is 1.43. The maximum absolute atomic E-state index is 11.2. The number of aldehydes is 1. The van der Waals surface area contributed by atoms with E-state index < -0.39 is 0 Å². The number of rotatable bonds is 1. The van der Waals surface area contributed by atoms with Gasteiger partial charge in [0, 0.05) is 30.3 Å². The summed E-state index contributed by atoms with van der Waals surface area (Å²) in [5.41, 5.74) is 1.02. The molecule has 4 heteroatoms. The van der Waals surface area contributed by atoms with Crippen molar-refractivity contribution < 1.29 is 9.59 Å². The first kappa shape index (κ1) is 8.62. The standard InChI is InChI=1S/C10H8N2O2/c1-7(14)12-5-8(6-13)9-3-2-4-11-10(9)12/h2-6H,1H3. The highest BCUT2D eigenvalue weighted by Crippen LogP contribution is 2.17. The van der Waals surface area contributed by atoms with Crippen LogP contribution < -0.4 is 0 Å². The highest BCUT2D eigenvalue weighted by molar-refractivity contribution is 6.00. The molecule has 0 aromatic carbocycles. The maximum atomic E-state index is 11.2. The van der Waals surface area contributed by atoms with Gasteiger partial charge in [0.05, 0.1) is 0 Å². The van der Waals surface area contributed by atoms with Crippen LogP contribution in [0.15, 0.2) is 24.5 Å². The van der Waals surface area contributed by atoms with E-state index in [0.29, 0.717) is 16.6 Å². The van der Waals surface area contributed by atoms with Crippen molar-refractivity contribution in [3.8, 4) is 0 Å². The molecule has 0 fully saturated rings. The molecule has 0 saturated heterocycles. The zero-order valence-corrected chi connectivity index (χ0v) is 7.60. The van der Waals surface area contributed by atoms with E-state index in [9.17, 15) is 9.59 Å². The van der Waals surface area contributed by atoms with Gasteiger partial charge in [-0.3, -0.25) is 14.2 Å². The molecule has 14 heavy (non-hydrogen) atoms. The molecule has 2 aromatic rings. The fraction of sp³-hybridized carbons (Fsp3) is 0.100. The number of nitrogens with zero attached hydrogens (tertiary/aromatic N) is 2. The molecule has 0 N–H and O–H groups in total. The molecule has 0 atom stereocenters. The molecule has 0 radical (unpaired) electrons. The Balaban J connectivity index is 2.86. The van der Waals surface area contributed by atoms with Crippen LogP contribution in [-0.4, -0.2) is 21.7 Å². The number of aromatic nitrogens is 2. The predicted molar refractivity (Wildman–Crippen MR) is 51.4 cm³/mol. The number of hydrogen-bond acceptors (Lipinski definition) is 3. The topological polar surface area (TPSA) is 52.0 Å². The molecule has 0 aliphatic heterocycles. The third-order valence-electron chi connectivity index (χ3n) is 2.06. The molecule has 0 aliphatic carbocycles. The third-order valence-corrected chi connectivity index (χ3v) is 2.06. The van der Waals surface area contributed by atoms with Crippen LogP contribution in [0.2, 0.25) is 0 Å². The number of carbonyl (C=O) groups is 2. The Morgan fingerprint density at radius 1 is 1.57 bits per heavy atom. The van der Waals surface area contributed by atoms with E-state index in [1.54, 1.807) is 18.3 Å². The van der Waals surface area contributed by atoms with Gasteiger partial charge in [-0.15, -0.1) is 0 Å². The van der Waals surface area contributed by atoms with Gasteiger partial charge in [-0.05, 0) is 12.1 Å². The normalized spacial score (nSPS) is 10.4. The van der Waals surface area contributed by atoms with Crippen LogP contribution in [0.4, 0.5) is 0 Å². The highest BCUT2D eigenvalue weighted by Gasteiger charge is 2.10. The summed E-state index contributed by atoms with van der Waals surface area (Å²) >= 11 is 0. The lowest BCUT2D eigenvalue weighted by Gasteiger charge is -1.95. The summed E-state index contributed by atoms with van der Waals surface area (Å²) in [7, 11) is 0. The second-order valence-corrected chi connectivity index (χ2v) is 2.97. The summed E-state index contributed by atoms with van der Waals surface area (Å²) in [6.07, 6.45) is 3.83. The third kappa shape index (κ3) is 1.12. The molecule has 70 valence electrons. The van der Waals surface area contributed by atoms with E-state index >= 15 is 0 Å². The van der Waals surface area contributed by atoms with Gasteiger partial charge in [0.15, 0.2) is 6.29 Å². The molecular formula is C10H8N2O2. The lowest BCUT2D eigenvalue weighted by molar-refractivity contribution is 0.0941. The second kappa shape index (κ2) is 3.06. The summed E-state index contributed by atoms with van der Waals surface area (Å²) in [5, 5.41) is 0.706. The highest BCUT2D eigenvalue weighted by atomic mass is 16.1. The smallest absolute Gasteiger partial charge is 0.229 e. The lowest BCUT2D eigenvalue weighted by atomic mass is 10.2. The Morgan fingerprint density at radius 2 is 2.36 bits per heavy atom. The molecule has 0 unspecified atom stereocenters. The van der Waals surface area contributed by atoms with Crippen molar-refractivity contribution in [3.05, 3.63) is 30.1 Å². The van der Waals surface area contributed by atoms with Crippen LogP contribution in [0, 0.1) is 0 Å². The fourth-order valence-corrected chi connectivity index (χ4v) is 1.42. The minimum atomic E-state index is -0.151. The summed E-state index contributed by atoms with van der Waals surface area (Å²) in [4.78, 5) is 26.0. The average molecular weight is 188 g/mol. The lowest BCUT2D eigenvalue weighted by Crippen LogP contribution is -2.03. The van der Waals surface area contributed by atoms with Crippen molar-refractivity contribution in [3.63, 3.8) is 0 Å². The van der Waals surface area contributed by atoms with Crippen molar-refractivity contribution in [1.29, 1.82) is 0 Å². The fourth-order valence-electron chi connectivity index (χ4n) is 1.42. The Hall–Kier alpha value is -1.97. The van der Waals surface area contributed by atoms with Crippen LogP contribution >= 0.6 is 0 Å². The Morgan fingerprint density at radius 3 is 3.00 bits per heavy atom. The van der Waals surface area contributed by atoms with Gasteiger partial charge in [-0.2, -0.15) is 0 Å². The number of fused-ring (bicyclic) bond motifs is 1. The Kier molecular flexibility index (Phi) is 1.89. The average Bonchev–Trinajstić information content (AvgIpc) is 2.56. The minimum Gasteiger partial charge on any atom is -0.298 e. The molecule has 4 nitrogen and oxygen atoms in total. The molecule has 0 saturated carbocycles. The second-order valence-electron chi connectivity index (χ2n) is 2.97. The molecule has 2 heterocycles. The number of hydrogen-bond donors (Lipinski definition) is 0. The van der Waals surface area contributed by atoms with Gasteiger partial charge < -0.3 is 0 Å². The van der Waals surface area contributed by atoms with Crippen LogP contribution in [0.5, 0.6) is 0 Å². The number of carbonyl (C=O) groups excluding carboxylic acids is 2.